The van der Waals surface area contributed by atoms with Crippen LogP contribution in [0.15, 0.2) is 119 Å². The molecule has 2 amide bonds. The highest BCUT2D eigenvalue weighted by Crippen LogP contribution is 2.27. The van der Waals surface area contributed by atoms with Gasteiger partial charge in [-0.05, 0) is 59.5 Å². The Morgan fingerprint density at radius 1 is 0.841 bits per heavy atom. The fourth-order valence-corrected chi connectivity index (χ4v) is 6.52. The zero-order valence-electron chi connectivity index (χ0n) is 24.6. The number of halogens is 2. The van der Waals surface area contributed by atoms with Crippen LogP contribution in [0.25, 0.3) is 0 Å². The molecule has 0 bridgehead atoms. The number of carbonyl (C=O) groups excluding carboxylic acids is 2. The smallest absolute Gasteiger partial charge is 0.264 e. The van der Waals surface area contributed by atoms with Crippen LogP contribution in [0.4, 0.5) is 5.69 Å². The molecule has 7 nitrogen and oxygen atoms in total. The molecule has 1 N–H and O–H groups in total. The van der Waals surface area contributed by atoms with Gasteiger partial charge in [-0.25, -0.2) is 8.42 Å². The molecule has 4 rings (SSSR count). The van der Waals surface area contributed by atoms with E-state index in [4.69, 9.17) is 11.6 Å². The van der Waals surface area contributed by atoms with Crippen molar-refractivity contribution in [3.63, 3.8) is 0 Å². The molecule has 0 aliphatic heterocycles. The van der Waals surface area contributed by atoms with Crippen molar-refractivity contribution < 1.29 is 18.0 Å². The van der Waals surface area contributed by atoms with Gasteiger partial charge in [0.25, 0.3) is 10.0 Å². The number of hydrogen-bond acceptors (Lipinski definition) is 4. The van der Waals surface area contributed by atoms with Gasteiger partial charge in [0.2, 0.25) is 11.8 Å². The topological polar surface area (TPSA) is 86.8 Å². The maximum atomic E-state index is 14.4. The molecule has 0 fully saturated rings. The minimum absolute atomic E-state index is 0.0303. The minimum Gasteiger partial charge on any atom is -0.354 e. The van der Waals surface area contributed by atoms with Gasteiger partial charge in [0, 0.05) is 29.0 Å². The summed E-state index contributed by atoms with van der Waals surface area (Å²) in [5.41, 5.74) is 1.90. The molecule has 0 aliphatic rings. The van der Waals surface area contributed by atoms with Crippen LogP contribution < -0.4 is 9.62 Å². The lowest BCUT2D eigenvalue weighted by Gasteiger charge is -2.34. The third-order valence-electron chi connectivity index (χ3n) is 6.93. The normalized spacial score (nSPS) is 12.0. The van der Waals surface area contributed by atoms with E-state index in [-0.39, 0.29) is 35.4 Å². The van der Waals surface area contributed by atoms with Crippen LogP contribution in [-0.4, -0.2) is 44.3 Å². The zero-order chi connectivity index (χ0) is 31.7. The van der Waals surface area contributed by atoms with Crippen molar-refractivity contribution in [2.45, 2.75) is 37.8 Å². The Morgan fingerprint density at radius 2 is 1.48 bits per heavy atom. The van der Waals surface area contributed by atoms with E-state index in [0.29, 0.717) is 11.6 Å². The van der Waals surface area contributed by atoms with E-state index in [0.717, 1.165) is 19.9 Å². The molecule has 44 heavy (non-hydrogen) atoms. The Labute approximate surface area is 273 Å². The lowest BCUT2D eigenvalue weighted by atomic mass is 10.0. The highest BCUT2D eigenvalue weighted by molar-refractivity contribution is 9.10. The van der Waals surface area contributed by atoms with Crippen molar-refractivity contribution in [3.05, 3.63) is 130 Å². The first-order chi connectivity index (χ1) is 21.0. The lowest BCUT2D eigenvalue weighted by Crippen LogP contribution is -2.53. The Kier molecular flexibility index (Phi) is 11.6. The Morgan fingerprint density at radius 3 is 2.09 bits per heavy atom. The lowest BCUT2D eigenvalue weighted by molar-refractivity contribution is -0.140. The summed E-state index contributed by atoms with van der Waals surface area (Å²) in [5, 5.41) is 3.32. The Bertz CT molecular complexity index is 1650. The van der Waals surface area contributed by atoms with Crippen molar-refractivity contribution in [3.8, 4) is 0 Å². The summed E-state index contributed by atoms with van der Waals surface area (Å²) in [7, 11) is -4.18. The summed E-state index contributed by atoms with van der Waals surface area (Å²) >= 11 is 9.72. The summed E-state index contributed by atoms with van der Waals surface area (Å²) in [4.78, 5) is 29.7. The van der Waals surface area contributed by atoms with Crippen LogP contribution >= 0.6 is 27.5 Å². The second kappa shape index (κ2) is 15.4. The number of hydrogen-bond donors (Lipinski definition) is 1. The molecule has 0 heterocycles. The summed E-state index contributed by atoms with van der Waals surface area (Å²) in [6.45, 7) is 3.97. The van der Waals surface area contributed by atoms with Crippen LogP contribution in [-0.2, 0) is 32.6 Å². The van der Waals surface area contributed by atoms with Gasteiger partial charge >= 0.3 is 0 Å². The van der Waals surface area contributed by atoms with Gasteiger partial charge in [0.15, 0.2) is 0 Å². The molecule has 0 saturated heterocycles. The number of benzene rings is 4. The second-order valence-corrected chi connectivity index (χ2v) is 14.0. The largest absolute Gasteiger partial charge is 0.354 e. The molecule has 0 aromatic heterocycles. The minimum atomic E-state index is -4.18. The maximum absolute atomic E-state index is 14.4. The number of sulfonamides is 1. The molecular weight excluding hydrogens is 662 g/mol. The average Bonchev–Trinajstić information content (AvgIpc) is 3.02. The highest BCUT2D eigenvalue weighted by Gasteiger charge is 2.34. The molecule has 0 unspecified atom stereocenters. The molecule has 0 radical (unpaired) electrons. The van der Waals surface area contributed by atoms with E-state index in [1.165, 1.54) is 23.1 Å². The molecule has 230 valence electrons. The van der Waals surface area contributed by atoms with Gasteiger partial charge in [-0.15, -0.1) is 0 Å². The van der Waals surface area contributed by atoms with Crippen LogP contribution in [0.5, 0.6) is 0 Å². The van der Waals surface area contributed by atoms with E-state index in [2.05, 4.69) is 21.2 Å². The molecule has 0 aliphatic carbocycles. The standard InChI is InChI=1S/C34H35BrClN3O4S/c1-25(2)22-37-34(41)32(20-26-10-5-3-6-11-26)38(23-27-16-18-28(35)19-17-27)33(40)24-39(30-13-9-12-29(36)21-30)44(42,43)31-14-7-4-8-15-31/h3-19,21,25,32H,20,22-24H2,1-2H3,(H,37,41)/t32-/m0/s1. The van der Waals surface area contributed by atoms with E-state index in [1.807, 2.05) is 68.4 Å². The fraction of sp³-hybridized carbons (Fsp3) is 0.235. The monoisotopic (exact) mass is 695 g/mol. The summed E-state index contributed by atoms with van der Waals surface area (Å²) in [6, 6.07) is 30.3. The van der Waals surface area contributed by atoms with E-state index < -0.39 is 28.5 Å². The predicted molar refractivity (Wildman–Crippen MR) is 179 cm³/mol. The predicted octanol–water partition coefficient (Wildman–Crippen LogP) is 6.71. The number of amides is 2. The zero-order valence-corrected chi connectivity index (χ0v) is 27.7. The average molecular weight is 697 g/mol. The summed E-state index contributed by atoms with van der Waals surface area (Å²) < 4.78 is 29.9. The number of rotatable bonds is 13. The molecule has 4 aromatic rings. The second-order valence-electron chi connectivity index (χ2n) is 10.8. The van der Waals surface area contributed by atoms with Gasteiger partial charge in [0.1, 0.15) is 12.6 Å². The third kappa shape index (κ3) is 8.94. The molecule has 0 spiro atoms. The van der Waals surface area contributed by atoms with E-state index in [1.54, 1.807) is 36.4 Å². The Hall–Kier alpha value is -3.66. The quantitative estimate of drug-likeness (QED) is 0.168. The van der Waals surface area contributed by atoms with Gasteiger partial charge in [-0.3, -0.25) is 13.9 Å². The van der Waals surface area contributed by atoms with Gasteiger partial charge in [0.05, 0.1) is 10.6 Å². The van der Waals surface area contributed by atoms with E-state index >= 15 is 0 Å². The highest BCUT2D eigenvalue weighted by atomic mass is 79.9. The SMILES string of the molecule is CC(C)CNC(=O)[C@H](Cc1ccccc1)N(Cc1ccc(Br)cc1)C(=O)CN(c1cccc(Cl)c1)S(=O)(=O)c1ccccc1. The number of carbonyl (C=O) groups is 2. The number of nitrogens with one attached hydrogen (secondary N) is 1. The fourth-order valence-electron chi connectivity index (χ4n) is 4.64. The number of anilines is 1. The van der Waals surface area contributed by atoms with Crippen molar-refractivity contribution in [1.82, 2.24) is 10.2 Å². The molecule has 4 aromatic carbocycles. The first-order valence-electron chi connectivity index (χ1n) is 14.2. The summed E-state index contributed by atoms with van der Waals surface area (Å²) in [5.74, 6) is -0.650. The van der Waals surface area contributed by atoms with Gasteiger partial charge < -0.3 is 10.2 Å². The molecule has 10 heteroatoms. The maximum Gasteiger partial charge on any atom is 0.264 e. The first-order valence-corrected chi connectivity index (χ1v) is 16.8. The Balaban J connectivity index is 1.79. The summed E-state index contributed by atoms with van der Waals surface area (Å²) in [6.07, 6.45) is 0.246. The third-order valence-corrected chi connectivity index (χ3v) is 9.48. The number of nitrogens with zero attached hydrogens (tertiary/aromatic N) is 2. The van der Waals surface area contributed by atoms with Crippen molar-refractivity contribution in [1.29, 1.82) is 0 Å². The van der Waals surface area contributed by atoms with Crippen molar-refractivity contribution in [2.75, 3.05) is 17.4 Å². The van der Waals surface area contributed by atoms with Gasteiger partial charge in [-0.2, -0.15) is 0 Å². The van der Waals surface area contributed by atoms with Crippen LogP contribution in [0.1, 0.15) is 25.0 Å². The molecule has 0 saturated carbocycles. The molecular formula is C34H35BrClN3O4S. The van der Waals surface area contributed by atoms with Gasteiger partial charge in [-0.1, -0.05) is 108 Å². The van der Waals surface area contributed by atoms with Crippen LogP contribution in [0.3, 0.4) is 0 Å². The van der Waals surface area contributed by atoms with Crippen molar-refractivity contribution >= 4 is 55.1 Å². The van der Waals surface area contributed by atoms with Crippen LogP contribution in [0.2, 0.25) is 5.02 Å². The van der Waals surface area contributed by atoms with Crippen LogP contribution in [0, 0.1) is 5.92 Å². The first kappa shape index (κ1) is 33.2. The molecule has 1 atom stereocenters. The van der Waals surface area contributed by atoms with Crippen molar-refractivity contribution in [2.24, 2.45) is 5.92 Å². The van der Waals surface area contributed by atoms with E-state index in [9.17, 15) is 18.0 Å².